The molecule has 132 valence electrons. The summed E-state index contributed by atoms with van der Waals surface area (Å²) in [7, 11) is 0. The lowest BCUT2D eigenvalue weighted by Crippen LogP contribution is -2.31. The third kappa shape index (κ3) is 2.88. The normalized spacial score (nSPS) is 12.4. The summed E-state index contributed by atoms with van der Waals surface area (Å²) in [5, 5.41) is 6.33. The van der Waals surface area contributed by atoms with Gasteiger partial charge in [-0.05, 0) is 38.1 Å². The molecule has 4 aromatic rings. The van der Waals surface area contributed by atoms with Crippen molar-refractivity contribution in [3.8, 4) is 0 Å². The van der Waals surface area contributed by atoms with Crippen molar-refractivity contribution in [1.82, 2.24) is 14.7 Å². The number of rotatable bonds is 3. The minimum absolute atomic E-state index is 0.319. The highest BCUT2D eigenvalue weighted by Gasteiger charge is 2.19. The zero-order valence-corrected chi connectivity index (χ0v) is 14.3. The van der Waals surface area contributed by atoms with Gasteiger partial charge in [0.1, 0.15) is 22.8 Å². The molecule has 0 radical (unpaired) electrons. The highest BCUT2D eigenvalue weighted by atomic mass is 19.1. The number of halogens is 1. The maximum absolute atomic E-state index is 13.4. The standard InChI is InChI=1S/C19H17FN4O2/c1-11-15-9-13(20)3-4-16(15)26-18(11)12(2)22-19(25)23-14-5-7-24-8-6-21-17(24)10-14/h3-10,12H,1-2H3,(H2,22,23,25)/t12-/m1/s1. The number of nitrogens with one attached hydrogen (secondary N) is 2. The van der Waals surface area contributed by atoms with E-state index in [1.54, 1.807) is 24.4 Å². The summed E-state index contributed by atoms with van der Waals surface area (Å²) in [6.45, 7) is 3.67. The molecule has 0 aliphatic rings. The van der Waals surface area contributed by atoms with Gasteiger partial charge in [0.2, 0.25) is 0 Å². The summed E-state index contributed by atoms with van der Waals surface area (Å²) < 4.78 is 21.1. The second-order valence-electron chi connectivity index (χ2n) is 6.16. The summed E-state index contributed by atoms with van der Waals surface area (Å²) in [5.74, 6) is 0.283. The molecule has 4 rings (SSSR count). The van der Waals surface area contributed by atoms with Gasteiger partial charge in [-0.1, -0.05) is 0 Å². The molecule has 2 N–H and O–H groups in total. The Bertz CT molecular complexity index is 1120. The number of aromatic nitrogens is 2. The highest BCUT2D eigenvalue weighted by Crippen LogP contribution is 2.30. The first-order chi connectivity index (χ1) is 12.5. The number of imidazole rings is 1. The van der Waals surface area contributed by atoms with Gasteiger partial charge in [-0.3, -0.25) is 0 Å². The number of furan rings is 1. The zero-order chi connectivity index (χ0) is 18.3. The van der Waals surface area contributed by atoms with Crippen molar-refractivity contribution in [3.05, 3.63) is 66.1 Å². The number of carbonyl (C=O) groups excluding carboxylic acids is 1. The first-order valence-corrected chi connectivity index (χ1v) is 8.20. The zero-order valence-electron chi connectivity index (χ0n) is 14.3. The molecule has 1 aromatic carbocycles. The van der Waals surface area contributed by atoms with E-state index in [1.165, 1.54) is 12.1 Å². The van der Waals surface area contributed by atoms with Gasteiger partial charge in [-0.2, -0.15) is 0 Å². The summed E-state index contributed by atoms with van der Waals surface area (Å²) in [6.07, 6.45) is 5.34. The van der Waals surface area contributed by atoms with Gasteiger partial charge in [0.15, 0.2) is 0 Å². The van der Waals surface area contributed by atoms with Gasteiger partial charge in [0.25, 0.3) is 0 Å². The molecular weight excluding hydrogens is 335 g/mol. The van der Waals surface area contributed by atoms with Crippen molar-refractivity contribution in [2.75, 3.05) is 5.32 Å². The number of carbonyl (C=O) groups is 1. The topological polar surface area (TPSA) is 71.6 Å². The molecule has 0 saturated heterocycles. The van der Waals surface area contributed by atoms with E-state index in [2.05, 4.69) is 15.6 Å². The fourth-order valence-electron chi connectivity index (χ4n) is 3.04. The Balaban J connectivity index is 1.51. The average molecular weight is 352 g/mol. The van der Waals surface area contributed by atoms with Crippen LogP contribution in [0.1, 0.15) is 24.3 Å². The summed E-state index contributed by atoms with van der Waals surface area (Å²) >= 11 is 0. The van der Waals surface area contributed by atoms with Gasteiger partial charge < -0.3 is 19.5 Å². The van der Waals surface area contributed by atoms with Gasteiger partial charge in [0.05, 0.1) is 6.04 Å². The highest BCUT2D eigenvalue weighted by molar-refractivity contribution is 5.90. The maximum atomic E-state index is 13.4. The minimum Gasteiger partial charge on any atom is -0.459 e. The Morgan fingerprint density at radius 3 is 2.96 bits per heavy atom. The summed E-state index contributed by atoms with van der Waals surface area (Å²) in [5.41, 5.74) is 2.78. The summed E-state index contributed by atoms with van der Waals surface area (Å²) in [4.78, 5) is 16.5. The van der Waals surface area contributed by atoms with Crippen LogP contribution >= 0.6 is 0 Å². The van der Waals surface area contributed by atoms with Crippen LogP contribution in [0, 0.1) is 12.7 Å². The molecular formula is C19H17FN4O2. The van der Waals surface area contributed by atoms with Crippen molar-refractivity contribution in [2.24, 2.45) is 0 Å². The Hall–Kier alpha value is -3.35. The molecule has 3 aromatic heterocycles. The fourth-order valence-corrected chi connectivity index (χ4v) is 3.04. The Morgan fingerprint density at radius 2 is 2.12 bits per heavy atom. The predicted octanol–water partition coefficient (Wildman–Crippen LogP) is 4.41. The van der Waals surface area contributed by atoms with Crippen LogP contribution in [0.5, 0.6) is 0 Å². The number of fused-ring (bicyclic) bond motifs is 2. The molecule has 1 atom stereocenters. The van der Waals surface area contributed by atoms with E-state index in [1.807, 2.05) is 30.6 Å². The third-order valence-electron chi connectivity index (χ3n) is 4.33. The minimum atomic E-state index is -0.374. The predicted molar refractivity (Wildman–Crippen MR) is 96.7 cm³/mol. The lowest BCUT2D eigenvalue weighted by molar-refractivity contribution is 0.248. The fraction of sp³-hybridized carbons (Fsp3) is 0.158. The van der Waals surface area contributed by atoms with Gasteiger partial charge in [-0.15, -0.1) is 0 Å². The van der Waals surface area contributed by atoms with Crippen molar-refractivity contribution in [1.29, 1.82) is 0 Å². The van der Waals surface area contributed by atoms with Crippen LogP contribution in [0.15, 0.2) is 53.3 Å². The van der Waals surface area contributed by atoms with E-state index in [-0.39, 0.29) is 17.9 Å². The molecule has 26 heavy (non-hydrogen) atoms. The first-order valence-electron chi connectivity index (χ1n) is 8.20. The summed E-state index contributed by atoms with van der Waals surface area (Å²) in [6, 6.07) is 7.21. The average Bonchev–Trinajstić information content (AvgIpc) is 3.19. The van der Waals surface area contributed by atoms with Crippen molar-refractivity contribution >= 4 is 28.3 Å². The first kappa shape index (κ1) is 16.1. The third-order valence-corrected chi connectivity index (χ3v) is 4.33. The van der Waals surface area contributed by atoms with E-state index in [0.29, 0.717) is 22.4 Å². The van der Waals surface area contributed by atoms with E-state index in [4.69, 9.17) is 4.42 Å². The second-order valence-corrected chi connectivity index (χ2v) is 6.16. The van der Waals surface area contributed by atoms with Crippen LogP contribution in [0.3, 0.4) is 0 Å². The molecule has 7 heteroatoms. The maximum Gasteiger partial charge on any atom is 0.319 e. The Morgan fingerprint density at radius 1 is 1.27 bits per heavy atom. The molecule has 3 heterocycles. The lowest BCUT2D eigenvalue weighted by atomic mass is 10.1. The van der Waals surface area contributed by atoms with Crippen LogP contribution < -0.4 is 10.6 Å². The molecule has 0 fully saturated rings. The number of amides is 2. The van der Waals surface area contributed by atoms with Crippen molar-refractivity contribution < 1.29 is 13.6 Å². The number of nitrogens with zero attached hydrogens (tertiary/aromatic N) is 2. The Kier molecular flexibility index (Phi) is 3.84. The van der Waals surface area contributed by atoms with Gasteiger partial charge >= 0.3 is 6.03 Å². The number of anilines is 1. The number of benzene rings is 1. The van der Waals surface area contributed by atoms with Crippen LogP contribution in [-0.4, -0.2) is 15.4 Å². The number of urea groups is 1. The molecule has 2 amide bonds. The molecule has 0 bridgehead atoms. The molecule has 0 aliphatic carbocycles. The van der Waals surface area contributed by atoms with E-state index in [9.17, 15) is 9.18 Å². The molecule has 0 saturated carbocycles. The number of hydrogen-bond donors (Lipinski definition) is 2. The van der Waals surface area contributed by atoms with Crippen LogP contribution in [0.25, 0.3) is 16.6 Å². The number of pyridine rings is 1. The van der Waals surface area contributed by atoms with Gasteiger partial charge in [-0.25, -0.2) is 14.2 Å². The number of aryl methyl sites for hydroxylation is 1. The second kappa shape index (κ2) is 6.18. The SMILES string of the molecule is Cc1c([C@@H](C)NC(=O)Nc2ccn3ccnc3c2)oc2ccc(F)cc12. The van der Waals surface area contributed by atoms with Crippen molar-refractivity contribution in [3.63, 3.8) is 0 Å². The quantitative estimate of drug-likeness (QED) is 0.574. The van der Waals surface area contributed by atoms with Crippen LogP contribution in [0.4, 0.5) is 14.9 Å². The van der Waals surface area contributed by atoms with Crippen LogP contribution in [-0.2, 0) is 0 Å². The smallest absolute Gasteiger partial charge is 0.319 e. The lowest BCUT2D eigenvalue weighted by Gasteiger charge is -2.13. The molecule has 0 unspecified atom stereocenters. The Labute approximate surface area is 148 Å². The largest absolute Gasteiger partial charge is 0.459 e. The van der Waals surface area contributed by atoms with E-state index >= 15 is 0 Å². The van der Waals surface area contributed by atoms with E-state index < -0.39 is 0 Å². The monoisotopic (exact) mass is 352 g/mol. The number of hydrogen-bond acceptors (Lipinski definition) is 3. The molecule has 0 aliphatic heterocycles. The van der Waals surface area contributed by atoms with E-state index in [0.717, 1.165) is 11.2 Å². The van der Waals surface area contributed by atoms with Crippen molar-refractivity contribution in [2.45, 2.75) is 19.9 Å². The van der Waals surface area contributed by atoms with Gasteiger partial charge in [0, 0.05) is 41.3 Å². The van der Waals surface area contributed by atoms with Crippen LogP contribution in [0.2, 0.25) is 0 Å². The molecule has 0 spiro atoms. The molecule has 6 nitrogen and oxygen atoms in total.